The van der Waals surface area contributed by atoms with Crippen LogP contribution in [0, 0.1) is 13.8 Å². The highest BCUT2D eigenvalue weighted by molar-refractivity contribution is 5.47. The lowest BCUT2D eigenvalue weighted by Gasteiger charge is -2.28. The molecule has 2 heteroatoms. The van der Waals surface area contributed by atoms with Gasteiger partial charge in [0.25, 0.3) is 0 Å². The molecule has 0 fully saturated rings. The molecule has 0 atom stereocenters. The Hall–Kier alpha value is -1.96. The van der Waals surface area contributed by atoms with E-state index in [1.54, 1.807) is 0 Å². The molecular formula is C23H32O2. The highest BCUT2D eigenvalue weighted by Gasteiger charge is 2.24. The zero-order valence-corrected chi connectivity index (χ0v) is 16.9. The van der Waals surface area contributed by atoms with E-state index in [1.165, 1.54) is 22.3 Å². The first-order valence-corrected chi connectivity index (χ1v) is 9.17. The minimum absolute atomic E-state index is 0.0811. The van der Waals surface area contributed by atoms with Crippen LogP contribution in [0.15, 0.2) is 36.4 Å². The van der Waals surface area contributed by atoms with Gasteiger partial charge >= 0.3 is 0 Å². The van der Waals surface area contributed by atoms with Gasteiger partial charge in [0.1, 0.15) is 11.5 Å². The van der Waals surface area contributed by atoms with Gasteiger partial charge < -0.3 is 9.47 Å². The normalized spacial score (nSPS) is 11.9. The Bertz CT molecular complexity index is 665. The molecule has 0 aliphatic heterocycles. The van der Waals surface area contributed by atoms with Gasteiger partial charge in [-0.2, -0.15) is 0 Å². The minimum atomic E-state index is -0.0811. The molecule has 2 aromatic carbocycles. The predicted molar refractivity (Wildman–Crippen MR) is 106 cm³/mol. The van der Waals surface area contributed by atoms with E-state index in [2.05, 4.69) is 91.8 Å². The monoisotopic (exact) mass is 340 g/mol. The lowest BCUT2D eigenvalue weighted by atomic mass is 9.77. The topological polar surface area (TPSA) is 18.5 Å². The molecule has 0 N–H and O–H groups in total. The summed E-state index contributed by atoms with van der Waals surface area (Å²) in [4.78, 5) is 0. The van der Waals surface area contributed by atoms with Crippen LogP contribution in [-0.4, -0.2) is 12.2 Å². The molecular weight excluding hydrogens is 308 g/mol. The smallest absolute Gasteiger partial charge is 0.122 e. The van der Waals surface area contributed by atoms with E-state index >= 15 is 0 Å². The summed E-state index contributed by atoms with van der Waals surface area (Å²) in [6.45, 7) is 17.0. The third-order valence-electron chi connectivity index (χ3n) is 4.52. The Morgan fingerprint density at radius 3 is 1.32 bits per heavy atom. The van der Waals surface area contributed by atoms with E-state index in [0.717, 1.165) is 11.5 Å². The van der Waals surface area contributed by atoms with Crippen molar-refractivity contribution in [3.05, 3.63) is 58.7 Å². The molecule has 0 unspecified atom stereocenters. The van der Waals surface area contributed by atoms with Crippen LogP contribution in [0.5, 0.6) is 11.5 Å². The third-order valence-corrected chi connectivity index (χ3v) is 4.52. The predicted octanol–water partition coefficient (Wildman–Crippen LogP) is 6.20. The molecule has 0 heterocycles. The lowest BCUT2D eigenvalue weighted by Crippen LogP contribution is -2.20. The summed E-state index contributed by atoms with van der Waals surface area (Å²) in [5.41, 5.74) is 4.85. The molecule has 0 saturated carbocycles. The summed E-state index contributed by atoms with van der Waals surface area (Å²) in [7, 11) is 0. The van der Waals surface area contributed by atoms with Crippen molar-refractivity contribution in [2.24, 2.45) is 0 Å². The number of hydrogen-bond donors (Lipinski definition) is 0. The van der Waals surface area contributed by atoms with Gasteiger partial charge in [-0.3, -0.25) is 0 Å². The maximum absolute atomic E-state index is 5.87. The summed E-state index contributed by atoms with van der Waals surface area (Å²) >= 11 is 0. The fraction of sp³-hybridized carbons (Fsp3) is 0.478. The Morgan fingerprint density at radius 1 is 0.680 bits per heavy atom. The second-order valence-corrected chi connectivity index (χ2v) is 7.92. The van der Waals surface area contributed by atoms with Gasteiger partial charge in [-0.25, -0.2) is 0 Å². The van der Waals surface area contributed by atoms with E-state index < -0.39 is 0 Å². The Morgan fingerprint density at radius 2 is 1.04 bits per heavy atom. The second-order valence-electron chi connectivity index (χ2n) is 7.92. The third kappa shape index (κ3) is 4.56. The number of hydrogen-bond acceptors (Lipinski definition) is 2. The first-order valence-electron chi connectivity index (χ1n) is 9.17. The van der Waals surface area contributed by atoms with Crippen LogP contribution in [0.25, 0.3) is 0 Å². The maximum Gasteiger partial charge on any atom is 0.122 e. The largest absolute Gasteiger partial charge is 0.491 e. The molecule has 0 amide bonds. The van der Waals surface area contributed by atoms with Gasteiger partial charge in [-0.05, 0) is 75.9 Å². The SMILES string of the molecule is Cc1cc(C(C)(C)c2ccc(OC(C)C)c(C)c2)ccc1OC(C)C. The Labute approximate surface area is 153 Å². The van der Waals surface area contributed by atoms with Crippen molar-refractivity contribution >= 4 is 0 Å². The van der Waals surface area contributed by atoms with E-state index in [4.69, 9.17) is 9.47 Å². The molecule has 0 spiro atoms. The van der Waals surface area contributed by atoms with Gasteiger partial charge in [-0.15, -0.1) is 0 Å². The van der Waals surface area contributed by atoms with Crippen LogP contribution in [-0.2, 0) is 5.41 Å². The van der Waals surface area contributed by atoms with Gasteiger partial charge in [0.15, 0.2) is 0 Å². The van der Waals surface area contributed by atoms with Gasteiger partial charge in [0, 0.05) is 5.41 Å². The van der Waals surface area contributed by atoms with Gasteiger partial charge in [-0.1, -0.05) is 38.1 Å². The molecule has 0 radical (unpaired) electrons. The molecule has 136 valence electrons. The highest BCUT2D eigenvalue weighted by Crippen LogP contribution is 2.36. The first-order chi connectivity index (χ1) is 11.6. The molecule has 2 nitrogen and oxygen atoms in total. The standard InChI is InChI=1S/C23H32O2/c1-15(2)24-21-11-9-19(13-17(21)5)23(7,8)20-10-12-22(18(6)14-20)25-16(3)4/h9-16H,1-8H3. The quantitative estimate of drug-likeness (QED) is 0.623. The molecule has 0 aliphatic rings. The molecule has 2 aromatic rings. The lowest BCUT2D eigenvalue weighted by molar-refractivity contribution is 0.240. The fourth-order valence-electron chi connectivity index (χ4n) is 3.02. The Balaban J connectivity index is 2.35. The average Bonchev–Trinajstić information content (AvgIpc) is 2.50. The van der Waals surface area contributed by atoms with Crippen molar-refractivity contribution in [3.63, 3.8) is 0 Å². The number of ether oxygens (including phenoxy) is 2. The van der Waals surface area contributed by atoms with Crippen LogP contribution < -0.4 is 9.47 Å². The average molecular weight is 341 g/mol. The van der Waals surface area contributed by atoms with Crippen molar-refractivity contribution in [1.82, 2.24) is 0 Å². The summed E-state index contributed by atoms with van der Waals surface area (Å²) in [5.74, 6) is 1.93. The highest BCUT2D eigenvalue weighted by atomic mass is 16.5. The summed E-state index contributed by atoms with van der Waals surface area (Å²) < 4.78 is 11.7. The number of aryl methyl sites for hydroxylation is 2. The van der Waals surface area contributed by atoms with Crippen LogP contribution in [0.2, 0.25) is 0 Å². The van der Waals surface area contributed by atoms with Gasteiger partial charge in [0.2, 0.25) is 0 Å². The maximum atomic E-state index is 5.87. The van der Waals surface area contributed by atoms with E-state index in [1.807, 2.05) is 0 Å². The van der Waals surface area contributed by atoms with Gasteiger partial charge in [0.05, 0.1) is 12.2 Å². The van der Waals surface area contributed by atoms with E-state index in [9.17, 15) is 0 Å². The minimum Gasteiger partial charge on any atom is -0.491 e. The van der Waals surface area contributed by atoms with Crippen molar-refractivity contribution < 1.29 is 9.47 Å². The van der Waals surface area contributed by atoms with Crippen LogP contribution in [0.4, 0.5) is 0 Å². The molecule has 2 rings (SSSR count). The van der Waals surface area contributed by atoms with Crippen molar-refractivity contribution in [1.29, 1.82) is 0 Å². The molecule has 0 aromatic heterocycles. The van der Waals surface area contributed by atoms with E-state index in [-0.39, 0.29) is 17.6 Å². The molecule has 0 aliphatic carbocycles. The summed E-state index contributed by atoms with van der Waals surface area (Å²) in [6, 6.07) is 13.0. The van der Waals surface area contributed by atoms with Crippen LogP contribution >= 0.6 is 0 Å². The Kier molecular flexibility index (Phi) is 5.82. The van der Waals surface area contributed by atoms with Crippen molar-refractivity contribution in [2.45, 2.75) is 73.0 Å². The van der Waals surface area contributed by atoms with Crippen molar-refractivity contribution in [3.8, 4) is 11.5 Å². The zero-order chi connectivity index (χ0) is 18.8. The fourth-order valence-corrected chi connectivity index (χ4v) is 3.02. The molecule has 0 saturated heterocycles. The zero-order valence-electron chi connectivity index (χ0n) is 16.9. The number of rotatable bonds is 6. The van der Waals surface area contributed by atoms with Crippen LogP contribution in [0.1, 0.15) is 63.8 Å². The summed E-state index contributed by atoms with van der Waals surface area (Å²) in [6.07, 6.45) is 0.377. The van der Waals surface area contributed by atoms with Crippen LogP contribution in [0.3, 0.4) is 0 Å². The summed E-state index contributed by atoms with van der Waals surface area (Å²) in [5, 5.41) is 0. The first kappa shape index (κ1) is 19.4. The van der Waals surface area contributed by atoms with Crippen molar-refractivity contribution in [2.75, 3.05) is 0 Å². The van der Waals surface area contributed by atoms with E-state index in [0.29, 0.717) is 0 Å². The number of benzene rings is 2. The molecule has 25 heavy (non-hydrogen) atoms. The second kappa shape index (κ2) is 7.51. The molecule has 0 bridgehead atoms.